The van der Waals surface area contributed by atoms with E-state index in [1.807, 2.05) is 43.3 Å². The smallest absolute Gasteiger partial charge is 0.228 e. The zero-order valence-electron chi connectivity index (χ0n) is 13.2. The number of aliphatic hydroxyl groups is 2. The van der Waals surface area contributed by atoms with Crippen LogP contribution in [-0.4, -0.2) is 41.4 Å². The van der Waals surface area contributed by atoms with Crippen LogP contribution in [0.15, 0.2) is 53.7 Å². The van der Waals surface area contributed by atoms with Crippen LogP contribution in [0, 0.1) is 11.8 Å². The summed E-state index contributed by atoms with van der Waals surface area (Å²) < 4.78 is 10.9. The normalized spacial score (nSPS) is 26.8. The van der Waals surface area contributed by atoms with E-state index in [1.54, 1.807) is 12.1 Å². The molecule has 126 valence electrons. The summed E-state index contributed by atoms with van der Waals surface area (Å²) in [5.41, 5.74) is 3.36. The Kier molecular flexibility index (Phi) is 4.89. The predicted octanol–water partition coefficient (Wildman–Crippen LogP) is 2.25. The topological polar surface area (TPSA) is 88.4 Å². The molecule has 1 saturated heterocycles. The van der Waals surface area contributed by atoms with E-state index in [4.69, 9.17) is 9.47 Å². The summed E-state index contributed by atoms with van der Waals surface area (Å²) in [6.07, 6.45) is -3.67. The molecule has 4 unspecified atom stereocenters. The third-order valence-electron chi connectivity index (χ3n) is 4.15. The minimum absolute atomic E-state index is 0.0896. The van der Waals surface area contributed by atoms with Gasteiger partial charge >= 0.3 is 0 Å². The molecule has 2 aromatic rings. The van der Waals surface area contributed by atoms with Gasteiger partial charge in [-0.2, -0.15) is 4.91 Å². The highest BCUT2D eigenvalue weighted by Gasteiger charge is 2.40. The largest absolute Gasteiger partial charge is 0.462 e. The Balaban J connectivity index is 1.71. The molecule has 3 rings (SSSR count). The van der Waals surface area contributed by atoms with E-state index < -0.39 is 24.5 Å². The number of hydrogen-bond acceptors (Lipinski definition) is 6. The molecule has 1 fully saturated rings. The van der Waals surface area contributed by atoms with E-state index in [2.05, 4.69) is 5.18 Å². The molecular formula is C18H19NO5. The van der Waals surface area contributed by atoms with Gasteiger partial charge in [0.05, 0.1) is 6.61 Å². The summed E-state index contributed by atoms with van der Waals surface area (Å²) in [4.78, 5) is 10.5. The molecule has 0 aliphatic carbocycles. The Morgan fingerprint density at radius 3 is 2.46 bits per heavy atom. The average molecular weight is 329 g/mol. The molecule has 1 aliphatic rings. The van der Waals surface area contributed by atoms with Crippen molar-refractivity contribution in [1.29, 1.82) is 0 Å². The average Bonchev–Trinajstić information content (AvgIpc) is 2.60. The van der Waals surface area contributed by atoms with Gasteiger partial charge < -0.3 is 19.7 Å². The Labute approximate surface area is 139 Å². The fraction of sp³-hybridized carbons (Fsp3) is 0.333. The van der Waals surface area contributed by atoms with Crippen LogP contribution < -0.4 is 4.74 Å². The van der Waals surface area contributed by atoms with Crippen molar-refractivity contribution in [3.63, 3.8) is 0 Å². The Bertz CT molecular complexity index is 703. The van der Waals surface area contributed by atoms with Crippen molar-refractivity contribution in [2.45, 2.75) is 31.5 Å². The molecule has 4 atom stereocenters. The van der Waals surface area contributed by atoms with Crippen molar-refractivity contribution in [1.82, 2.24) is 0 Å². The minimum Gasteiger partial charge on any atom is -0.462 e. The van der Waals surface area contributed by atoms with E-state index in [-0.39, 0.29) is 6.61 Å². The lowest BCUT2D eigenvalue weighted by molar-refractivity contribution is -0.213. The summed E-state index contributed by atoms with van der Waals surface area (Å²) in [5.74, 6) is 0.501. The van der Waals surface area contributed by atoms with Gasteiger partial charge in [-0.25, -0.2) is 0 Å². The molecule has 1 heterocycles. The van der Waals surface area contributed by atoms with Crippen LogP contribution in [0.3, 0.4) is 0 Å². The quantitative estimate of drug-likeness (QED) is 0.840. The van der Waals surface area contributed by atoms with Crippen molar-refractivity contribution in [2.24, 2.45) is 5.18 Å². The van der Waals surface area contributed by atoms with E-state index in [1.165, 1.54) is 5.56 Å². The van der Waals surface area contributed by atoms with Crippen LogP contribution in [0.25, 0.3) is 11.1 Å². The maximum atomic E-state index is 10.5. The molecule has 0 radical (unpaired) electrons. The third-order valence-corrected chi connectivity index (χ3v) is 4.15. The first kappa shape index (κ1) is 16.6. The highest BCUT2D eigenvalue weighted by atomic mass is 16.7. The summed E-state index contributed by atoms with van der Waals surface area (Å²) in [6, 6.07) is 14.5. The van der Waals surface area contributed by atoms with Gasteiger partial charge in [0.2, 0.25) is 6.29 Å². The second-order valence-electron chi connectivity index (χ2n) is 5.81. The first-order valence-corrected chi connectivity index (χ1v) is 7.73. The van der Waals surface area contributed by atoms with Crippen LogP contribution in [0.2, 0.25) is 0 Å². The zero-order valence-corrected chi connectivity index (χ0v) is 13.2. The maximum Gasteiger partial charge on any atom is 0.228 e. The number of aliphatic hydroxyl groups excluding tert-OH is 2. The van der Waals surface area contributed by atoms with E-state index in [9.17, 15) is 15.1 Å². The molecule has 6 nitrogen and oxygen atoms in total. The Hall–Kier alpha value is -2.28. The van der Waals surface area contributed by atoms with E-state index in [0.29, 0.717) is 5.75 Å². The second kappa shape index (κ2) is 7.09. The number of aryl methyl sites for hydroxylation is 1. The number of nitrogens with zero attached hydrogens (tertiary/aromatic N) is 1. The van der Waals surface area contributed by atoms with Crippen LogP contribution >= 0.6 is 0 Å². The van der Waals surface area contributed by atoms with Gasteiger partial charge in [-0.15, -0.1) is 0 Å². The molecule has 24 heavy (non-hydrogen) atoms. The molecule has 6 heteroatoms. The van der Waals surface area contributed by atoms with Crippen LogP contribution in [0.1, 0.15) is 5.56 Å². The van der Waals surface area contributed by atoms with Gasteiger partial charge in [-0.1, -0.05) is 41.6 Å². The van der Waals surface area contributed by atoms with Gasteiger partial charge in [0.1, 0.15) is 24.0 Å². The lowest BCUT2D eigenvalue weighted by Crippen LogP contribution is -2.54. The molecule has 2 aromatic carbocycles. The predicted molar refractivity (Wildman–Crippen MR) is 88.6 cm³/mol. The van der Waals surface area contributed by atoms with Gasteiger partial charge in [-0.05, 0) is 35.7 Å². The van der Waals surface area contributed by atoms with Gasteiger partial charge in [0.25, 0.3) is 0 Å². The van der Waals surface area contributed by atoms with Crippen LogP contribution in [-0.2, 0) is 4.74 Å². The molecule has 0 aromatic heterocycles. The molecule has 0 saturated carbocycles. The van der Waals surface area contributed by atoms with Crippen molar-refractivity contribution < 1.29 is 19.7 Å². The number of nitroso groups, excluding NO2 is 1. The third kappa shape index (κ3) is 3.31. The number of hydrogen-bond donors (Lipinski definition) is 2. The molecule has 0 bridgehead atoms. The summed E-state index contributed by atoms with van der Waals surface area (Å²) in [7, 11) is 0. The summed E-state index contributed by atoms with van der Waals surface area (Å²) >= 11 is 0. The lowest BCUT2D eigenvalue weighted by atomic mass is 10.0. The van der Waals surface area contributed by atoms with Crippen molar-refractivity contribution in [3.8, 4) is 16.9 Å². The first-order valence-electron chi connectivity index (χ1n) is 7.73. The Morgan fingerprint density at radius 2 is 1.79 bits per heavy atom. The van der Waals surface area contributed by atoms with Gasteiger partial charge in [0, 0.05) is 0 Å². The summed E-state index contributed by atoms with van der Waals surface area (Å²) in [5, 5.41) is 22.5. The van der Waals surface area contributed by atoms with Gasteiger partial charge in [-0.3, -0.25) is 0 Å². The second-order valence-corrected chi connectivity index (χ2v) is 5.81. The standard InChI is InChI=1S/C18H19NO5/c1-11-4-2-3-5-14(11)12-6-8-13(9-7-12)24-18-17(21)16(20)15(19-22)10-23-18/h2-9,15-18,20-21H,10H2,1H3. The first-order chi connectivity index (χ1) is 11.6. The van der Waals surface area contributed by atoms with E-state index in [0.717, 1.165) is 11.1 Å². The SMILES string of the molecule is Cc1ccccc1-c1ccc(OC2OCC(N=O)C(O)C2O)cc1. The minimum atomic E-state index is -1.34. The van der Waals surface area contributed by atoms with Crippen LogP contribution in [0.4, 0.5) is 0 Å². The fourth-order valence-electron chi connectivity index (χ4n) is 2.72. The molecule has 0 spiro atoms. The molecular weight excluding hydrogens is 310 g/mol. The maximum absolute atomic E-state index is 10.5. The number of rotatable bonds is 4. The monoisotopic (exact) mass is 329 g/mol. The fourth-order valence-corrected chi connectivity index (χ4v) is 2.72. The van der Waals surface area contributed by atoms with Crippen LogP contribution in [0.5, 0.6) is 5.75 Å². The van der Waals surface area contributed by atoms with Crippen molar-refractivity contribution in [2.75, 3.05) is 6.61 Å². The number of ether oxygens (including phenoxy) is 2. The van der Waals surface area contributed by atoms with Gasteiger partial charge in [0.15, 0.2) is 0 Å². The molecule has 0 amide bonds. The summed E-state index contributed by atoms with van der Waals surface area (Å²) in [6.45, 7) is 1.96. The van der Waals surface area contributed by atoms with E-state index >= 15 is 0 Å². The zero-order chi connectivity index (χ0) is 17.1. The highest BCUT2D eigenvalue weighted by molar-refractivity contribution is 5.67. The number of benzene rings is 2. The molecule has 2 N–H and O–H groups in total. The van der Waals surface area contributed by atoms with Crippen molar-refractivity contribution in [3.05, 3.63) is 59.0 Å². The Morgan fingerprint density at radius 1 is 1.08 bits per heavy atom. The van der Waals surface area contributed by atoms with Crippen molar-refractivity contribution >= 4 is 0 Å². The lowest BCUT2D eigenvalue weighted by Gasteiger charge is -2.34. The highest BCUT2D eigenvalue weighted by Crippen LogP contribution is 2.27. The molecule has 1 aliphatic heterocycles.